The van der Waals surface area contributed by atoms with Crippen LogP contribution in [0.3, 0.4) is 0 Å². The van der Waals surface area contributed by atoms with E-state index in [1.807, 2.05) is 30.3 Å². The minimum atomic E-state index is 0.516. The number of para-hydroxylation sites is 1. The predicted molar refractivity (Wildman–Crippen MR) is 73.5 cm³/mol. The van der Waals surface area contributed by atoms with Crippen LogP contribution in [0.1, 0.15) is 13.8 Å². The van der Waals surface area contributed by atoms with Crippen molar-refractivity contribution in [1.82, 2.24) is 16.2 Å². The van der Waals surface area contributed by atoms with E-state index < -0.39 is 0 Å². The Balaban J connectivity index is 1.59. The highest BCUT2D eigenvalue weighted by Gasteiger charge is 2.28. The fourth-order valence-corrected chi connectivity index (χ4v) is 2.29. The maximum atomic E-state index is 5.63. The lowest BCUT2D eigenvalue weighted by Gasteiger charge is -2.18. The van der Waals surface area contributed by atoms with Crippen LogP contribution in [0, 0.1) is 5.92 Å². The van der Waals surface area contributed by atoms with Gasteiger partial charge in [0.1, 0.15) is 12.4 Å². The van der Waals surface area contributed by atoms with Gasteiger partial charge in [-0.2, -0.15) is 0 Å². The number of hydrogen-bond donors (Lipinski definition) is 3. The van der Waals surface area contributed by atoms with Crippen LogP contribution in [0.15, 0.2) is 30.3 Å². The van der Waals surface area contributed by atoms with Gasteiger partial charge in [-0.3, -0.25) is 10.9 Å². The number of hydrazine groups is 1. The third-order valence-corrected chi connectivity index (χ3v) is 3.49. The molecule has 1 saturated heterocycles. The number of benzene rings is 1. The molecule has 2 rings (SSSR count). The second-order valence-electron chi connectivity index (χ2n) is 4.90. The third-order valence-electron chi connectivity index (χ3n) is 3.49. The van der Waals surface area contributed by atoms with Gasteiger partial charge in [0.15, 0.2) is 0 Å². The lowest BCUT2D eigenvalue weighted by atomic mass is 9.97. The van der Waals surface area contributed by atoms with Crippen LogP contribution in [0.25, 0.3) is 0 Å². The third kappa shape index (κ3) is 3.70. The summed E-state index contributed by atoms with van der Waals surface area (Å²) in [5, 5.41) is 3.45. The van der Waals surface area contributed by atoms with E-state index in [0.29, 0.717) is 24.6 Å². The Morgan fingerprint density at radius 2 is 1.78 bits per heavy atom. The monoisotopic (exact) mass is 249 g/mol. The summed E-state index contributed by atoms with van der Waals surface area (Å²) in [7, 11) is 0. The van der Waals surface area contributed by atoms with Gasteiger partial charge < -0.3 is 10.1 Å². The van der Waals surface area contributed by atoms with E-state index in [1.54, 1.807) is 0 Å². The SMILES string of the molecule is CC1NNC(C)C1CNCCOc1ccccc1. The van der Waals surface area contributed by atoms with E-state index in [4.69, 9.17) is 4.74 Å². The fourth-order valence-electron chi connectivity index (χ4n) is 2.29. The van der Waals surface area contributed by atoms with Crippen molar-refractivity contribution < 1.29 is 4.74 Å². The van der Waals surface area contributed by atoms with Crippen molar-refractivity contribution in [1.29, 1.82) is 0 Å². The Morgan fingerprint density at radius 3 is 2.44 bits per heavy atom. The molecule has 0 radical (unpaired) electrons. The number of rotatable bonds is 6. The number of ether oxygens (including phenoxy) is 1. The molecule has 0 spiro atoms. The summed E-state index contributed by atoms with van der Waals surface area (Å²) in [6.07, 6.45) is 0. The Kier molecular flexibility index (Phi) is 4.99. The van der Waals surface area contributed by atoms with Crippen LogP contribution >= 0.6 is 0 Å². The van der Waals surface area contributed by atoms with Crippen LogP contribution in [-0.2, 0) is 0 Å². The molecule has 1 aliphatic rings. The highest BCUT2D eigenvalue weighted by Crippen LogP contribution is 2.12. The summed E-state index contributed by atoms with van der Waals surface area (Å²) >= 11 is 0. The molecule has 1 fully saturated rings. The molecule has 0 amide bonds. The zero-order valence-electron chi connectivity index (χ0n) is 11.1. The van der Waals surface area contributed by atoms with Crippen LogP contribution < -0.4 is 20.9 Å². The number of hydrogen-bond acceptors (Lipinski definition) is 4. The summed E-state index contributed by atoms with van der Waals surface area (Å²) in [5.41, 5.74) is 6.53. The van der Waals surface area contributed by atoms with E-state index in [-0.39, 0.29) is 0 Å². The van der Waals surface area contributed by atoms with Crippen molar-refractivity contribution in [2.24, 2.45) is 5.92 Å². The van der Waals surface area contributed by atoms with Gasteiger partial charge in [-0.05, 0) is 26.0 Å². The second kappa shape index (κ2) is 6.73. The van der Waals surface area contributed by atoms with Crippen molar-refractivity contribution in [3.63, 3.8) is 0 Å². The maximum absolute atomic E-state index is 5.63. The van der Waals surface area contributed by atoms with E-state index in [1.165, 1.54) is 0 Å². The van der Waals surface area contributed by atoms with Gasteiger partial charge >= 0.3 is 0 Å². The summed E-state index contributed by atoms with van der Waals surface area (Å²) in [4.78, 5) is 0. The van der Waals surface area contributed by atoms with Crippen molar-refractivity contribution >= 4 is 0 Å². The van der Waals surface area contributed by atoms with Gasteiger partial charge in [-0.15, -0.1) is 0 Å². The van der Waals surface area contributed by atoms with Gasteiger partial charge in [0.05, 0.1) is 0 Å². The zero-order valence-corrected chi connectivity index (χ0v) is 11.1. The van der Waals surface area contributed by atoms with E-state index in [2.05, 4.69) is 30.0 Å². The van der Waals surface area contributed by atoms with Gasteiger partial charge in [0, 0.05) is 31.1 Å². The van der Waals surface area contributed by atoms with Gasteiger partial charge in [0.25, 0.3) is 0 Å². The first kappa shape index (κ1) is 13.3. The van der Waals surface area contributed by atoms with Crippen molar-refractivity contribution in [2.75, 3.05) is 19.7 Å². The summed E-state index contributed by atoms with van der Waals surface area (Å²) < 4.78 is 5.63. The number of nitrogens with one attached hydrogen (secondary N) is 3. The van der Waals surface area contributed by atoms with Crippen LogP contribution in [0.5, 0.6) is 5.75 Å². The van der Waals surface area contributed by atoms with E-state index in [9.17, 15) is 0 Å². The van der Waals surface area contributed by atoms with E-state index in [0.717, 1.165) is 18.8 Å². The molecule has 1 heterocycles. The van der Waals surface area contributed by atoms with E-state index >= 15 is 0 Å². The maximum Gasteiger partial charge on any atom is 0.119 e. The molecule has 0 saturated carbocycles. The summed E-state index contributed by atoms with van der Waals surface area (Å²) in [6.45, 7) is 7.03. The Labute approximate surface area is 109 Å². The van der Waals surface area contributed by atoms with Gasteiger partial charge in [0.2, 0.25) is 0 Å². The minimum absolute atomic E-state index is 0.516. The minimum Gasteiger partial charge on any atom is -0.492 e. The Hall–Kier alpha value is -1.10. The molecule has 0 aromatic heterocycles. The molecule has 2 unspecified atom stereocenters. The molecule has 4 nitrogen and oxygen atoms in total. The van der Waals surface area contributed by atoms with Gasteiger partial charge in [-0.25, -0.2) is 0 Å². The van der Waals surface area contributed by atoms with Crippen LogP contribution in [0.4, 0.5) is 0 Å². The highest BCUT2D eigenvalue weighted by atomic mass is 16.5. The van der Waals surface area contributed by atoms with Crippen LogP contribution in [-0.4, -0.2) is 31.8 Å². The standard InChI is InChI=1S/C14H23N3O/c1-11-14(12(2)17-16-11)10-15-8-9-18-13-6-4-3-5-7-13/h3-7,11-12,14-17H,8-10H2,1-2H3. The molecule has 100 valence electrons. The highest BCUT2D eigenvalue weighted by molar-refractivity contribution is 5.20. The fraction of sp³-hybridized carbons (Fsp3) is 0.571. The molecule has 18 heavy (non-hydrogen) atoms. The Morgan fingerprint density at radius 1 is 1.11 bits per heavy atom. The predicted octanol–water partition coefficient (Wildman–Crippen LogP) is 1.16. The largest absolute Gasteiger partial charge is 0.492 e. The van der Waals surface area contributed by atoms with Gasteiger partial charge in [-0.1, -0.05) is 18.2 Å². The second-order valence-corrected chi connectivity index (χ2v) is 4.90. The molecule has 1 aromatic carbocycles. The zero-order chi connectivity index (χ0) is 12.8. The molecule has 1 aliphatic heterocycles. The molecular formula is C14H23N3O. The first-order valence-electron chi connectivity index (χ1n) is 6.67. The average molecular weight is 249 g/mol. The molecule has 0 bridgehead atoms. The lowest BCUT2D eigenvalue weighted by Crippen LogP contribution is -2.35. The first-order chi connectivity index (χ1) is 8.77. The summed E-state index contributed by atoms with van der Waals surface area (Å²) in [6, 6.07) is 11.0. The van der Waals surface area contributed by atoms with Crippen molar-refractivity contribution in [2.45, 2.75) is 25.9 Å². The normalized spacial score (nSPS) is 27.3. The van der Waals surface area contributed by atoms with Crippen molar-refractivity contribution in [3.05, 3.63) is 30.3 Å². The first-order valence-corrected chi connectivity index (χ1v) is 6.67. The smallest absolute Gasteiger partial charge is 0.119 e. The lowest BCUT2D eigenvalue weighted by molar-refractivity contribution is 0.304. The van der Waals surface area contributed by atoms with Crippen molar-refractivity contribution in [3.8, 4) is 5.75 Å². The molecule has 4 heteroatoms. The molecule has 3 N–H and O–H groups in total. The quantitative estimate of drug-likeness (QED) is 0.662. The summed E-state index contributed by atoms with van der Waals surface area (Å²) in [5.74, 6) is 1.56. The topological polar surface area (TPSA) is 45.3 Å². The molecule has 2 atom stereocenters. The molecular weight excluding hydrogens is 226 g/mol. The van der Waals surface area contributed by atoms with Crippen LogP contribution in [0.2, 0.25) is 0 Å². The average Bonchev–Trinajstić information content (AvgIpc) is 2.71. The molecule has 1 aromatic rings. The Bertz CT molecular complexity index is 334. The molecule has 0 aliphatic carbocycles.